The summed E-state index contributed by atoms with van der Waals surface area (Å²) in [7, 11) is 0.306. The minimum absolute atomic E-state index is 0. The van der Waals surface area contributed by atoms with E-state index < -0.39 is 9.92 Å². The molecule has 0 aromatic rings. The maximum Gasteiger partial charge on any atom is 1.00 e. The van der Waals surface area contributed by atoms with Crippen LogP contribution >= 0.6 is 0 Å². The van der Waals surface area contributed by atoms with Gasteiger partial charge in [0, 0.05) is 0 Å². The van der Waals surface area contributed by atoms with Gasteiger partial charge in [0.2, 0.25) is 0 Å². The molecule has 0 heterocycles. The Morgan fingerprint density at radius 1 is 1.83 bits per heavy atom. The number of hydrogen-bond donors (Lipinski definition) is 1. The zero-order valence-electron chi connectivity index (χ0n) is 3.72. The fraction of sp³-hybridized carbons (Fsp3) is 1.00. The van der Waals surface area contributed by atoms with Crippen LogP contribution in [0.1, 0.15) is 0 Å². The molecule has 0 aliphatic heterocycles. The predicted octanol–water partition coefficient (Wildman–Crippen LogP) is -3.66. The Hall–Kier alpha value is 1.49. The molecule has 32 valence electrons. The third-order valence-corrected chi connectivity index (χ3v) is 1.000. The Morgan fingerprint density at radius 3 is 2.00 bits per heavy atom. The minimum Gasteiger partial charge on any atom is -0.783 e. The van der Waals surface area contributed by atoms with E-state index in [1.165, 1.54) is 0 Å². The van der Waals surface area contributed by atoms with Crippen LogP contribution in [-0.4, -0.2) is 11.6 Å². The first-order valence-corrected chi connectivity index (χ1v) is 3.11. The number of hydrogen-bond acceptors (Lipinski definition) is 2. The molecule has 1 N–H and O–H groups in total. The van der Waals surface area contributed by atoms with E-state index in [0.29, 0.717) is 0 Å². The fourth-order valence-electron chi connectivity index (χ4n) is 0. The smallest absolute Gasteiger partial charge is 0.783 e. The Labute approximate surface area is 66.5 Å². The summed E-state index contributed by atoms with van der Waals surface area (Å²) in [5, 5.41) is 0. The van der Waals surface area contributed by atoms with Gasteiger partial charge in [-0.1, -0.05) is 11.2 Å². The SMILES string of the molecule is CNS([O-])=S.[Na+]. The molecule has 0 radical (unpaired) electrons. The maximum absolute atomic E-state index is 9.63. The van der Waals surface area contributed by atoms with Crippen molar-refractivity contribution in [3.63, 3.8) is 0 Å². The van der Waals surface area contributed by atoms with Gasteiger partial charge in [-0.15, -0.1) is 9.92 Å². The molecule has 1 unspecified atom stereocenters. The van der Waals surface area contributed by atoms with Crippen molar-refractivity contribution in [2.45, 2.75) is 0 Å². The summed E-state index contributed by atoms with van der Waals surface area (Å²) < 4.78 is 11.9. The topological polar surface area (TPSA) is 35.1 Å². The van der Waals surface area contributed by atoms with Gasteiger partial charge >= 0.3 is 29.6 Å². The quantitative estimate of drug-likeness (QED) is 0.374. The van der Waals surface area contributed by atoms with E-state index in [-0.39, 0.29) is 29.6 Å². The molecule has 0 fully saturated rings. The molecule has 0 aliphatic carbocycles. The first kappa shape index (κ1) is 10.5. The van der Waals surface area contributed by atoms with Crippen LogP contribution in [0, 0.1) is 0 Å². The van der Waals surface area contributed by atoms with Crippen molar-refractivity contribution in [3.8, 4) is 0 Å². The van der Waals surface area contributed by atoms with E-state index in [4.69, 9.17) is 0 Å². The first-order valence-electron chi connectivity index (χ1n) is 1.04. The van der Waals surface area contributed by atoms with Crippen molar-refractivity contribution in [3.05, 3.63) is 0 Å². The Balaban J connectivity index is 0. The number of rotatable bonds is 1. The molecule has 0 aromatic carbocycles. The Kier molecular flexibility index (Phi) is 11.3. The van der Waals surface area contributed by atoms with Gasteiger partial charge in [0.15, 0.2) is 0 Å². The van der Waals surface area contributed by atoms with Crippen LogP contribution in [0.4, 0.5) is 0 Å². The van der Waals surface area contributed by atoms with Crippen LogP contribution in [0.2, 0.25) is 0 Å². The van der Waals surface area contributed by atoms with Crippen LogP contribution in [0.5, 0.6) is 0 Å². The van der Waals surface area contributed by atoms with Gasteiger partial charge in [0.1, 0.15) is 0 Å². The normalized spacial score (nSPS) is 12.3. The van der Waals surface area contributed by atoms with E-state index in [2.05, 4.69) is 15.9 Å². The molecule has 0 amide bonds. The summed E-state index contributed by atoms with van der Waals surface area (Å²) in [6.45, 7) is 0. The zero-order chi connectivity index (χ0) is 4.28. The largest absolute Gasteiger partial charge is 1.00 e. The molecule has 0 saturated carbocycles. The molecule has 0 rings (SSSR count). The van der Waals surface area contributed by atoms with Gasteiger partial charge in [0.05, 0.1) is 0 Å². The molecular weight excluding hydrogens is 129 g/mol. The van der Waals surface area contributed by atoms with Crippen LogP contribution < -0.4 is 34.3 Å². The van der Waals surface area contributed by atoms with Crippen LogP contribution in [0.15, 0.2) is 0 Å². The standard InChI is InChI=1S/CH5NOS2.Na/c1-2-5(3)4;/h2H,1H3,(H,3,4);/q;+1/p-1. The monoisotopic (exact) mass is 133 g/mol. The van der Waals surface area contributed by atoms with Gasteiger partial charge in [-0.2, -0.15) is 0 Å². The molecule has 0 saturated heterocycles. The first-order chi connectivity index (χ1) is 2.27. The molecule has 5 heteroatoms. The number of nitrogens with one attached hydrogen (secondary N) is 1. The predicted molar refractivity (Wildman–Crippen MR) is 24.6 cm³/mol. The van der Waals surface area contributed by atoms with Crippen molar-refractivity contribution in [1.29, 1.82) is 0 Å². The molecule has 6 heavy (non-hydrogen) atoms. The fourth-order valence-corrected chi connectivity index (χ4v) is 0. The van der Waals surface area contributed by atoms with Gasteiger partial charge in [-0.05, 0) is 7.05 Å². The second-order valence-corrected chi connectivity index (χ2v) is 2.22. The third kappa shape index (κ3) is 9.09. The Morgan fingerprint density at radius 2 is 2.00 bits per heavy atom. The van der Waals surface area contributed by atoms with E-state index in [1.54, 1.807) is 7.05 Å². The molecular formula is CH4NNaOS2. The summed E-state index contributed by atoms with van der Waals surface area (Å²) in [4.78, 5) is 0. The third-order valence-electron chi connectivity index (χ3n) is 0.167. The van der Waals surface area contributed by atoms with E-state index in [9.17, 15) is 4.55 Å². The maximum atomic E-state index is 9.63. The summed E-state index contributed by atoms with van der Waals surface area (Å²) in [5.74, 6) is 0. The van der Waals surface area contributed by atoms with Crippen LogP contribution in [-0.2, 0) is 21.1 Å². The summed E-state index contributed by atoms with van der Waals surface area (Å²) in [5.41, 5.74) is 0. The average molecular weight is 133 g/mol. The molecule has 0 bridgehead atoms. The molecule has 0 spiro atoms. The molecule has 2 nitrogen and oxygen atoms in total. The second kappa shape index (κ2) is 6.49. The van der Waals surface area contributed by atoms with Crippen LogP contribution in [0.25, 0.3) is 0 Å². The van der Waals surface area contributed by atoms with Crippen LogP contribution in [0.3, 0.4) is 0 Å². The van der Waals surface area contributed by atoms with Crippen molar-refractivity contribution in [2.75, 3.05) is 7.05 Å². The Bertz CT molecular complexity index is 48.8. The second-order valence-electron chi connectivity index (χ2n) is 0.439. The average Bonchev–Trinajstić information content (AvgIpc) is 1.38. The van der Waals surface area contributed by atoms with Crippen molar-refractivity contribution in [2.24, 2.45) is 0 Å². The molecule has 0 aromatic heterocycles. The summed E-state index contributed by atoms with van der Waals surface area (Å²) in [6, 6.07) is 0. The van der Waals surface area contributed by atoms with E-state index in [1.807, 2.05) is 0 Å². The van der Waals surface area contributed by atoms with Gasteiger partial charge in [-0.25, -0.2) is 0 Å². The van der Waals surface area contributed by atoms with E-state index >= 15 is 0 Å². The van der Waals surface area contributed by atoms with Crippen molar-refractivity contribution in [1.82, 2.24) is 4.72 Å². The van der Waals surface area contributed by atoms with Gasteiger partial charge < -0.3 is 4.55 Å². The van der Waals surface area contributed by atoms with Gasteiger partial charge in [0.25, 0.3) is 0 Å². The van der Waals surface area contributed by atoms with E-state index in [0.717, 1.165) is 0 Å². The minimum atomic E-state index is -1.24. The summed E-state index contributed by atoms with van der Waals surface area (Å²) >= 11 is 4.14. The molecule has 0 aliphatic rings. The summed E-state index contributed by atoms with van der Waals surface area (Å²) in [6.07, 6.45) is 0. The zero-order valence-corrected chi connectivity index (χ0v) is 7.36. The van der Waals surface area contributed by atoms with Gasteiger partial charge in [-0.3, -0.25) is 4.72 Å². The van der Waals surface area contributed by atoms with Crippen molar-refractivity contribution >= 4 is 21.1 Å². The van der Waals surface area contributed by atoms with Crippen molar-refractivity contribution < 1.29 is 34.1 Å². The molecule has 1 atom stereocenters.